The number of nitrogens with one attached hydrogen (secondary N) is 1. The van der Waals surface area contributed by atoms with Gasteiger partial charge in [0.25, 0.3) is 5.91 Å². The van der Waals surface area contributed by atoms with Crippen molar-refractivity contribution < 1.29 is 18.8 Å². The number of allylic oxidation sites excluding steroid dienone is 2. The number of ether oxygens (including phenoxy) is 1. The summed E-state index contributed by atoms with van der Waals surface area (Å²) in [5.74, 6) is 0.342. The van der Waals surface area contributed by atoms with Crippen LogP contribution >= 0.6 is 0 Å². The van der Waals surface area contributed by atoms with Crippen LogP contribution in [0.2, 0.25) is 0 Å². The number of anilines is 1. The molecule has 1 saturated heterocycles. The Labute approximate surface area is 193 Å². The van der Waals surface area contributed by atoms with Crippen molar-refractivity contribution >= 4 is 29.7 Å². The summed E-state index contributed by atoms with van der Waals surface area (Å²) < 4.78 is 10.1. The highest BCUT2D eigenvalue weighted by Gasteiger charge is 2.19. The van der Waals surface area contributed by atoms with E-state index in [9.17, 15) is 9.59 Å². The number of aryl methyl sites for hydroxylation is 1. The number of primary amides is 1. The molecule has 0 radical (unpaired) electrons. The van der Waals surface area contributed by atoms with E-state index in [0.717, 1.165) is 35.1 Å². The standard InChI is InChI=1S/C24H29N5O4/c1-16(2)21(13-26-15-29(24(25)31)14-18-6-9-32-10-7-18)20-12-19(5-4-17(20)3)23(30)27-22-8-11-33-28-22/h4-5,8,11-13,15,18H,1,6-7,9-10,14H2,2-3H3,(H2,25,31)(H,27,28,30)/b21-13+,26-15?. The predicted octanol–water partition coefficient (Wildman–Crippen LogP) is 3.99. The van der Waals surface area contributed by atoms with Gasteiger partial charge in [-0.05, 0) is 61.4 Å². The number of hydrogen-bond acceptors (Lipinski definition) is 6. The minimum absolute atomic E-state index is 0.314. The Morgan fingerprint density at radius 1 is 1.33 bits per heavy atom. The Morgan fingerprint density at radius 2 is 2.09 bits per heavy atom. The average Bonchev–Trinajstić information content (AvgIpc) is 3.30. The third-order valence-corrected chi connectivity index (χ3v) is 5.42. The number of hydrogen-bond donors (Lipinski definition) is 2. The van der Waals surface area contributed by atoms with Crippen molar-refractivity contribution in [1.29, 1.82) is 0 Å². The Balaban J connectivity index is 1.81. The average molecular weight is 452 g/mol. The summed E-state index contributed by atoms with van der Waals surface area (Å²) in [6.07, 6.45) is 6.22. The van der Waals surface area contributed by atoms with Crippen LogP contribution in [0.15, 0.2) is 58.4 Å². The first-order valence-corrected chi connectivity index (χ1v) is 10.7. The van der Waals surface area contributed by atoms with E-state index in [1.165, 1.54) is 17.5 Å². The molecule has 0 atom stereocenters. The lowest BCUT2D eigenvalue weighted by molar-refractivity contribution is 0.0620. The molecule has 9 nitrogen and oxygen atoms in total. The molecule has 33 heavy (non-hydrogen) atoms. The van der Waals surface area contributed by atoms with Gasteiger partial charge in [-0.1, -0.05) is 17.8 Å². The Hall–Kier alpha value is -3.72. The van der Waals surface area contributed by atoms with E-state index < -0.39 is 6.03 Å². The number of rotatable bonds is 8. The fourth-order valence-electron chi connectivity index (χ4n) is 3.52. The third kappa shape index (κ3) is 6.63. The molecule has 0 unspecified atom stereocenters. The van der Waals surface area contributed by atoms with E-state index in [2.05, 4.69) is 22.0 Å². The summed E-state index contributed by atoms with van der Waals surface area (Å²) in [5, 5.41) is 6.38. The number of urea groups is 1. The van der Waals surface area contributed by atoms with Crippen LogP contribution in [0.4, 0.5) is 10.6 Å². The molecule has 3 amide bonds. The molecule has 1 aromatic heterocycles. The third-order valence-electron chi connectivity index (χ3n) is 5.42. The quantitative estimate of drug-likeness (QED) is 0.357. The van der Waals surface area contributed by atoms with Crippen LogP contribution in [0, 0.1) is 12.8 Å². The predicted molar refractivity (Wildman–Crippen MR) is 127 cm³/mol. The van der Waals surface area contributed by atoms with Crippen LogP contribution in [-0.4, -0.2) is 48.1 Å². The Bertz CT molecular complexity index is 1050. The molecule has 0 saturated carbocycles. The number of carbonyl (C=O) groups is 2. The summed E-state index contributed by atoms with van der Waals surface area (Å²) >= 11 is 0. The number of aliphatic imine (C=N–C) groups is 1. The molecule has 2 aromatic rings. The summed E-state index contributed by atoms with van der Waals surface area (Å²) in [5.41, 5.74) is 9.26. The molecule has 3 rings (SSSR count). The molecular weight excluding hydrogens is 422 g/mol. The molecule has 1 aliphatic rings. The van der Waals surface area contributed by atoms with Gasteiger partial charge in [0.15, 0.2) is 5.82 Å². The van der Waals surface area contributed by atoms with Gasteiger partial charge in [-0.2, -0.15) is 0 Å². The van der Waals surface area contributed by atoms with E-state index in [-0.39, 0.29) is 5.91 Å². The van der Waals surface area contributed by atoms with Crippen molar-refractivity contribution in [3.8, 4) is 0 Å². The van der Waals surface area contributed by atoms with Crippen LogP contribution < -0.4 is 11.1 Å². The van der Waals surface area contributed by atoms with E-state index in [1.54, 1.807) is 24.4 Å². The largest absolute Gasteiger partial charge is 0.381 e. The highest BCUT2D eigenvalue weighted by molar-refractivity contribution is 6.04. The highest BCUT2D eigenvalue weighted by Crippen LogP contribution is 2.26. The molecular formula is C24H29N5O4. The van der Waals surface area contributed by atoms with Gasteiger partial charge in [-0.3, -0.25) is 9.69 Å². The highest BCUT2D eigenvalue weighted by atomic mass is 16.5. The molecule has 3 N–H and O–H groups in total. The number of nitrogens with two attached hydrogens (primary N) is 1. The van der Waals surface area contributed by atoms with Gasteiger partial charge in [-0.25, -0.2) is 9.79 Å². The number of aromatic nitrogens is 1. The van der Waals surface area contributed by atoms with Crippen molar-refractivity contribution in [1.82, 2.24) is 10.1 Å². The molecule has 174 valence electrons. The number of nitrogens with zero attached hydrogens (tertiary/aromatic N) is 3. The van der Waals surface area contributed by atoms with Crippen LogP contribution in [0.3, 0.4) is 0 Å². The van der Waals surface area contributed by atoms with Gasteiger partial charge in [0.05, 0.1) is 6.34 Å². The van der Waals surface area contributed by atoms with Crippen LogP contribution in [0.1, 0.15) is 41.3 Å². The minimum atomic E-state index is -0.557. The SMILES string of the molecule is C=C(C)/C(=C\N=CN(CC1CCOCC1)C(N)=O)c1cc(C(=O)Nc2ccon2)ccc1C. The summed E-state index contributed by atoms with van der Waals surface area (Å²) in [4.78, 5) is 30.3. The topological polar surface area (TPSA) is 123 Å². The first kappa shape index (κ1) is 23.9. The minimum Gasteiger partial charge on any atom is -0.381 e. The maximum absolute atomic E-state index is 12.6. The lowest BCUT2D eigenvalue weighted by Gasteiger charge is -2.26. The van der Waals surface area contributed by atoms with Crippen LogP contribution in [0.25, 0.3) is 5.57 Å². The molecule has 1 aromatic carbocycles. The van der Waals surface area contributed by atoms with Gasteiger partial charge in [0.1, 0.15) is 6.26 Å². The molecule has 0 spiro atoms. The normalized spacial score (nSPS) is 14.9. The summed E-state index contributed by atoms with van der Waals surface area (Å²) in [6.45, 7) is 9.72. The zero-order chi connectivity index (χ0) is 23.8. The molecule has 1 fully saturated rings. The van der Waals surface area contributed by atoms with Gasteiger partial charge < -0.3 is 20.3 Å². The van der Waals surface area contributed by atoms with E-state index in [1.807, 2.05) is 19.9 Å². The zero-order valence-electron chi connectivity index (χ0n) is 18.9. The van der Waals surface area contributed by atoms with E-state index >= 15 is 0 Å². The second kappa shape index (κ2) is 11.2. The van der Waals surface area contributed by atoms with E-state index in [4.69, 9.17) is 15.0 Å². The van der Waals surface area contributed by atoms with Crippen molar-refractivity contribution in [2.24, 2.45) is 16.6 Å². The number of amides is 3. The van der Waals surface area contributed by atoms with Gasteiger partial charge >= 0.3 is 6.03 Å². The van der Waals surface area contributed by atoms with Crippen LogP contribution in [0.5, 0.6) is 0 Å². The Morgan fingerprint density at radius 3 is 2.73 bits per heavy atom. The van der Waals surface area contributed by atoms with Crippen molar-refractivity contribution in [3.05, 3.63) is 65.6 Å². The van der Waals surface area contributed by atoms with Crippen molar-refractivity contribution in [2.45, 2.75) is 26.7 Å². The van der Waals surface area contributed by atoms with Gasteiger partial charge in [-0.15, -0.1) is 0 Å². The summed E-state index contributed by atoms with van der Waals surface area (Å²) in [7, 11) is 0. The number of carbonyl (C=O) groups excluding carboxylic acids is 2. The molecule has 9 heteroatoms. The maximum Gasteiger partial charge on any atom is 0.319 e. The second-order valence-corrected chi connectivity index (χ2v) is 8.00. The molecule has 0 aliphatic carbocycles. The lowest BCUT2D eigenvalue weighted by atomic mass is 9.94. The lowest BCUT2D eigenvalue weighted by Crippen LogP contribution is -2.39. The number of benzene rings is 1. The second-order valence-electron chi connectivity index (χ2n) is 8.00. The molecule has 2 heterocycles. The monoisotopic (exact) mass is 451 g/mol. The van der Waals surface area contributed by atoms with Crippen molar-refractivity contribution in [2.75, 3.05) is 25.1 Å². The first-order chi connectivity index (χ1) is 15.8. The fraction of sp³-hybridized carbons (Fsp3) is 0.333. The first-order valence-electron chi connectivity index (χ1n) is 10.7. The fourth-order valence-corrected chi connectivity index (χ4v) is 3.52. The Kier molecular flexibility index (Phi) is 8.15. The van der Waals surface area contributed by atoms with E-state index in [0.29, 0.717) is 37.1 Å². The summed E-state index contributed by atoms with van der Waals surface area (Å²) in [6, 6.07) is 6.36. The van der Waals surface area contributed by atoms with Crippen LogP contribution in [-0.2, 0) is 4.74 Å². The van der Waals surface area contributed by atoms with Crippen molar-refractivity contribution in [3.63, 3.8) is 0 Å². The molecule has 1 aliphatic heterocycles. The zero-order valence-corrected chi connectivity index (χ0v) is 18.9. The maximum atomic E-state index is 12.6. The molecule has 0 bridgehead atoms. The smallest absolute Gasteiger partial charge is 0.319 e. The van der Waals surface area contributed by atoms with Gasteiger partial charge in [0, 0.05) is 43.2 Å². The van der Waals surface area contributed by atoms with Gasteiger partial charge in [0.2, 0.25) is 0 Å².